The summed E-state index contributed by atoms with van der Waals surface area (Å²) in [7, 11) is 0. The molecule has 3 rings (SSSR count). The number of hydrogen-bond acceptors (Lipinski definition) is 6. The summed E-state index contributed by atoms with van der Waals surface area (Å²) in [5, 5.41) is 17.1. The highest BCUT2D eigenvalue weighted by Gasteiger charge is 2.38. The van der Waals surface area contributed by atoms with Crippen molar-refractivity contribution in [3.8, 4) is 0 Å². The predicted octanol–water partition coefficient (Wildman–Crippen LogP) is 3.15. The van der Waals surface area contributed by atoms with Crippen LogP contribution in [-0.2, 0) is 30.3 Å². The Hall–Kier alpha value is -3.76. The van der Waals surface area contributed by atoms with E-state index in [9.17, 15) is 23.5 Å². The van der Waals surface area contributed by atoms with Gasteiger partial charge in [0.1, 0.15) is 17.4 Å². The van der Waals surface area contributed by atoms with Crippen LogP contribution in [0.3, 0.4) is 0 Å². The van der Waals surface area contributed by atoms with E-state index in [-0.39, 0.29) is 55.8 Å². The van der Waals surface area contributed by atoms with Crippen LogP contribution in [0.2, 0.25) is 0 Å². The van der Waals surface area contributed by atoms with Gasteiger partial charge in [-0.15, -0.1) is 0 Å². The molecule has 0 amide bonds. The largest absolute Gasteiger partial charge is 0.476 e. The van der Waals surface area contributed by atoms with Gasteiger partial charge in [-0.05, 0) is 24.6 Å². The van der Waals surface area contributed by atoms with E-state index in [1.807, 2.05) is 0 Å². The van der Waals surface area contributed by atoms with Gasteiger partial charge in [0.15, 0.2) is 0 Å². The fourth-order valence-corrected chi connectivity index (χ4v) is 2.45. The third-order valence-corrected chi connectivity index (χ3v) is 3.72. The predicted molar refractivity (Wildman–Crippen MR) is 123 cm³/mol. The molecular formula is C24H30F2O8. The molecule has 0 aromatic heterocycles. The van der Waals surface area contributed by atoms with Gasteiger partial charge in [-0.2, -0.15) is 0 Å². The van der Waals surface area contributed by atoms with Gasteiger partial charge in [-0.25, -0.2) is 18.4 Å². The monoisotopic (exact) mass is 484 g/mol. The van der Waals surface area contributed by atoms with Crippen molar-refractivity contribution < 1.29 is 48.4 Å². The lowest BCUT2D eigenvalue weighted by Gasteiger charge is -2.19. The number of cyclic esters (lactones) is 1. The van der Waals surface area contributed by atoms with Crippen molar-refractivity contribution in [3.63, 3.8) is 0 Å². The third-order valence-electron chi connectivity index (χ3n) is 3.72. The summed E-state index contributed by atoms with van der Waals surface area (Å²) < 4.78 is 30.8. The molecule has 1 atom stereocenters. The smallest absolute Gasteiger partial charge is 0.368 e. The number of rotatable bonds is 4. The maximum absolute atomic E-state index is 13.4. The van der Waals surface area contributed by atoms with Gasteiger partial charge in [-0.1, -0.05) is 51.3 Å². The first kappa shape index (κ1) is 34.8. The standard InChI is InChI=1S/C11H9FO3.C9H9FO.C2H2O3.2CH4.H2O/c1-11(14)8(6-10(13)15-11)7-4-2-3-5-9(7)12;1-7(11)6-8-4-2-3-5-9(8)10;3-1-2(4)5;;;/h2-6,14H,1H3;2-5H,6H2,1H3;1H,(H,4,5);2*1H4;1H2. The molecule has 34 heavy (non-hydrogen) atoms. The number of ketones is 1. The van der Waals surface area contributed by atoms with Crippen molar-refractivity contribution >= 4 is 29.6 Å². The number of esters is 1. The van der Waals surface area contributed by atoms with Gasteiger partial charge >= 0.3 is 11.9 Å². The van der Waals surface area contributed by atoms with E-state index in [2.05, 4.69) is 4.74 Å². The summed E-state index contributed by atoms with van der Waals surface area (Å²) in [6.07, 6.45) is 1.12. The molecule has 1 unspecified atom stereocenters. The van der Waals surface area contributed by atoms with Crippen LogP contribution >= 0.6 is 0 Å². The summed E-state index contributed by atoms with van der Waals surface area (Å²) in [6, 6.07) is 12.2. The van der Waals surface area contributed by atoms with Gasteiger partial charge in [0, 0.05) is 30.6 Å². The zero-order valence-electron chi connectivity index (χ0n) is 17.2. The molecular weight excluding hydrogens is 454 g/mol. The highest BCUT2D eigenvalue weighted by molar-refractivity contribution is 6.19. The minimum atomic E-state index is -1.75. The Morgan fingerprint density at radius 2 is 1.50 bits per heavy atom. The molecule has 4 N–H and O–H groups in total. The summed E-state index contributed by atoms with van der Waals surface area (Å²) >= 11 is 0. The van der Waals surface area contributed by atoms with Crippen LogP contribution in [0.1, 0.15) is 39.8 Å². The maximum atomic E-state index is 13.4. The van der Waals surface area contributed by atoms with Crippen LogP contribution in [0.25, 0.3) is 5.57 Å². The fourth-order valence-electron chi connectivity index (χ4n) is 2.45. The molecule has 2 aromatic rings. The van der Waals surface area contributed by atoms with E-state index in [4.69, 9.17) is 14.7 Å². The van der Waals surface area contributed by atoms with Gasteiger partial charge in [0.2, 0.25) is 12.1 Å². The normalized spacial score (nSPS) is 15.1. The minimum absolute atomic E-state index is 0. The van der Waals surface area contributed by atoms with Crippen molar-refractivity contribution in [3.05, 3.63) is 77.4 Å². The summed E-state index contributed by atoms with van der Waals surface area (Å²) in [5.74, 6) is -4.66. The molecule has 0 saturated heterocycles. The van der Waals surface area contributed by atoms with Crippen molar-refractivity contribution in [1.29, 1.82) is 0 Å². The van der Waals surface area contributed by atoms with Crippen LogP contribution < -0.4 is 0 Å². The van der Waals surface area contributed by atoms with Crippen molar-refractivity contribution in [2.45, 2.75) is 40.9 Å². The fraction of sp³-hybridized carbons (Fsp3) is 0.250. The second-order valence-corrected chi connectivity index (χ2v) is 6.37. The highest BCUT2D eigenvalue weighted by Crippen LogP contribution is 2.34. The topological polar surface area (TPSA) is 149 Å². The number of ether oxygens (including phenoxy) is 1. The lowest BCUT2D eigenvalue weighted by atomic mass is 9.99. The van der Waals surface area contributed by atoms with E-state index in [1.165, 1.54) is 38.1 Å². The number of aliphatic carboxylic acids is 1. The van der Waals surface area contributed by atoms with E-state index in [0.29, 0.717) is 5.56 Å². The second-order valence-electron chi connectivity index (χ2n) is 6.37. The van der Waals surface area contributed by atoms with E-state index in [0.717, 1.165) is 6.08 Å². The average Bonchev–Trinajstić information content (AvgIpc) is 2.96. The number of aldehydes is 1. The van der Waals surface area contributed by atoms with E-state index < -0.39 is 23.5 Å². The zero-order chi connectivity index (χ0) is 23.6. The number of aliphatic hydroxyl groups is 1. The first-order valence-corrected chi connectivity index (χ1v) is 8.81. The molecule has 188 valence electrons. The highest BCUT2D eigenvalue weighted by atomic mass is 19.1. The quantitative estimate of drug-likeness (QED) is 0.384. The summed E-state index contributed by atoms with van der Waals surface area (Å²) in [5.41, 5.74) is 0.791. The van der Waals surface area contributed by atoms with Gasteiger partial charge < -0.3 is 20.4 Å². The number of carboxylic acids is 1. The van der Waals surface area contributed by atoms with Crippen molar-refractivity contribution in [1.82, 2.24) is 0 Å². The number of carboxylic acid groups (broad SMARTS) is 1. The van der Waals surface area contributed by atoms with Crippen LogP contribution in [-0.4, -0.2) is 45.5 Å². The van der Waals surface area contributed by atoms with Crippen LogP contribution in [0.4, 0.5) is 8.78 Å². The van der Waals surface area contributed by atoms with E-state index in [1.54, 1.807) is 24.3 Å². The van der Waals surface area contributed by atoms with Gasteiger partial charge in [0.25, 0.3) is 0 Å². The number of carbonyl (C=O) groups is 4. The summed E-state index contributed by atoms with van der Waals surface area (Å²) in [6.45, 7) is 2.75. The number of carbonyl (C=O) groups excluding carboxylic acids is 3. The first-order chi connectivity index (χ1) is 14.5. The minimum Gasteiger partial charge on any atom is -0.476 e. The molecule has 0 fully saturated rings. The number of benzene rings is 2. The zero-order valence-corrected chi connectivity index (χ0v) is 17.2. The molecule has 0 spiro atoms. The Kier molecular flexibility index (Phi) is 16.3. The molecule has 0 radical (unpaired) electrons. The molecule has 1 aliphatic heterocycles. The number of Topliss-reactive ketones (excluding diaryl/α,β-unsaturated/α-hetero) is 1. The van der Waals surface area contributed by atoms with Gasteiger partial charge in [0.05, 0.1) is 0 Å². The molecule has 0 bridgehead atoms. The molecule has 1 aliphatic rings. The average molecular weight is 484 g/mol. The van der Waals surface area contributed by atoms with Crippen molar-refractivity contribution in [2.75, 3.05) is 0 Å². The third kappa shape index (κ3) is 11.2. The molecule has 10 heteroatoms. The van der Waals surface area contributed by atoms with Crippen molar-refractivity contribution in [2.24, 2.45) is 0 Å². The van der Waals surface area contributed by atoms with Gasteiger partial charge in [-0.3, -0.25) is 9.59 Å². The van der Waals surface area contributed by atoms with E-state index >= 15 is 0 Å². The SMILES string of the molecule is C.C.CC(=O)Cc1ccccc1F.CC1(O)OC(=O)C=C1c1ccccc1F.O.O=CC(=O)O. The molecule has 0 saturated carbocycles. The molecule has 1 heterocycles. The van der Waals surface area contributed by atoms with Crippen LogP contribution in [0.5, 0.6) is 0 Å². The van der Waals surface area contributed by atoms with Crippen LogP contribution in [0.15, 0.2) is 54.6 Å². The number of halogens is 2. The first-order valence-electron chi connectivity index (χ1n) is 8.81. The molecule has 2 aromatic carbocycles. The lowest BCUT2D eigenvalue weighted by molar-refractivity contribution is -0.169. The lowest BCUT2D eigenvalue weighted by Crippen LogP contribution is -2.26. The Balaban J connectivity index is -0.000000452. The Labute approximate surface area is 196 Å². The number of hydrogen-bond donors (Lipinski definition) is 2. The summed E-state index contributed by atoms with van der Waals surface area (Å²) in [4.78, 5) is 39.5. The Morgan fingerprint density at radius 3 is 1.88 bits per heavy atom. The maximum Gasteiger partial charge on any atom is 0.368 e. The molecule has 0 aliphatic carbocycles. The second kappa shape index (κ2) is 15.9. The molecule has 8 nitrogen and oxygen atoms in total. The van der Waals surface area contributed by atoms with Crippen LogP contribution in [0, 0.1) is 11.6 Å². The Morgan fingerprint density at radius 1 is 1.03 bits per heavy atom. The Bertz CT molecular complexity index is 1000.